The van der Waals surface area contributed by atoms with E-state index in [4.69, 9.17) is 0 Å². The van der Waals surface area contributed by atoms with Gasteiger partial charge in [-0.25, -0.2) is 14.8 Å². The predicted octanol–water partition coefficient (Wildman–Crippen LogP) is 4.59. The van der Waals surface area contributed by atoms with Crippen molar-refractivity contribution in [2.24, 2.45) is 5.41 Å². The first-order chi connectivity index (χ1) is 16.2. The maximum absolute atomic E-state index is 13.5. The minimum atomic E-state index is -0.208. The average molecular weight is 442 g/mol. The highest BCUT2D eigenvalue weighted by Gasteiger charge is 2.44. The van der Waals surface area contributed by atoms with Gasteiger partial charge in [-0.3, -0.25) is 9.91 Å². The number of hydrazine groups is 1. The van der Waals surface area contributed by atoms with Crippen LogP contribution in [0.2, 0.25) is 0 Å². The first-order valence-electron chi connectivity index (χ1n) is 11.6. The van der Waals surface area contributed by atoms with Gasteiger partial charge in [0.1, 0.15) is 5.82 Å². The molecule has 6 heteroatoms. The summed E-state index contributed by atoms with van der Waals surface area (Å²) >= 11 is 0. The van der Waals surface area contributed by atoms with E-state index < -0.39 is 0 Å². The molecule has 2 aromatic carbocycles. The summed E-state index contributed by atoms with van der Waals surface area (Å²) in [6.45, 7) is 3.79. The number of rotatable bonds is 5. The molecule has 0 bridgehead atoms. The van der Waals surface area contributed by atoms with Gasteiger partial charge in [-0.15, -0.1) is 0 Å². The number of anilines is 1. The predicted molar refractivity (Wildman–Crippen MR) is 128 cm³/mol. The van der Waals surface area contributed by atoms with Crippen molar-refractivity contribution < 1.29 is 4.39 Å². The zero-order chi connectivity index (χ0) is 22.3. The van der Waals surface area contributed by atoms with Gasteiger partial charge in [0.15, 0.2) is 0 Å². The maximum Gasteiger partial charge on any atom is 0.123 e. The van der Waals surface area contributed by atoms with E-state index in [0.29, 0.717) is 0 Å². The van der Waals surface area contributed by atoms with E-state index >= 15 is 0 Å². The molecular weight excluding hydrogens is 413 g/mol. The van der Waals surface area contributed by atoms with Crippen molar-refractivity contribution in [3.63, 3.8) is 0 Å². The molecular formula is C27H28FN5. The summed E-state index contributed by atoms with van der Waals surface area (Å²) in [5.41, 5.74) is 11.3. The average Bonchev–Trinajstić information content (AvgIpc) is 3.48. The van der Waals surface area contributed by atoms with Crippen LogP contribution in [0.15, 0.2) is 90.0 Å². The number of H-pyrrole nitrogens is 1. The number of halogens is 1. The van der Waals surface area contributed by atoms with Gasteiger partial charge in [0, 0.05) is 43.5 Å². The van der Waals surface area contributed by atoms with E-state index in [1.807, 2.05) is 18.3 Å². The van der Waals surface area contributed by atoms with Gasteiger partial charge in [0.25, 0.3) is 0 Å². The highest BCUT2D eigenvalue weighted by molar-refractivity contribution is 5.59. The highest BCUT2D eigenvalue weighted by atomic mass is 19.1. The molecule has 3 aliphatic rings. The van der Waals surface area contributed by atoms with E-state index in [-0.39, 0.29) is 11.2 Å². The Morgan fingerprint density at radius 2 is 1.91 bits per heavy atom. The fraction of sp³-hybridized carbons (Fsp3) is 0.296. The number of aromatic nitrogens is 2. The van der Waals surface area contributed by atoms with Crippen LogP contribution < -0.4 is 10.4 Å². The Balaban J connectivity index is 1.33. The molecule has 0 spiro atoms. The molecule has 2 aliphatic heterocycles. The summed E-state index contributed by atoms with van der Waals surface area (Å²) in [6, 6.07) is 17.6. The van der Waals surface area contributed by atoms with Gasteiger partial charge in [0.05, 0.1) is 17.7 Å². The monoisotopic (exact) mass is 441 g/mol. The zero-order valence-corrected chi connectivity index (χ0v) is 18.6. The van der Waals surface area contributed by atoms with E-state index in [1.165, 1.54) is 34.5 Å². The maximum atomic E-state index is 13.5. The molecule has 33 heavy (non-hydrogen) atoms. The molecule has 3 heterocycles. The number of hydrogen-bond donors (Lipinski definition) is 2. The van der Waals surface area contributed by atoms with Gasteiger partial charge in [-0.1, -0.05) is 35.9 Å². The summed E-state index contributed by atoms with van der Waals surface area (Å²) in [7, 11) is 0. The number of benzene rings is 2. The molecule has 168 valence electrons. The minimum absolute atomic E-state index is 0.0823. The Hall–Kier alpha value is -3.22. The first kappa shape index (κ1) is 20.4. The van der Waals surface area contributed by atoms with Gasteiger partial charge in [-0.2, -0.15) is 0 Å². The number of imidazole rings is 1. The van der Waals surface area contributed by atoms with Crippen LogP contribution in [0.4, 0.5) is 10.1 Å². The third kappa shape index (κ3) is 3.90. The molecule has 1 unspecified atom stereocenters. The lowest BCUT2D eigenvalue weighted by atomic mass is 9.65. The molecule has 2 N–H and O–H groups in total. The van der Waals surface area contributed by atoms with Crippen molar-refractivity contribution in [1.82, 2.24) is 20.3 Å². The molecule has 1 saturated heterocycles. The van der Waals surface area contributed by atoms with Gasteiger partial charge >= 0.3 is 0 Å². The third-order valence-electron chi connectivity index (χ3n) is 7.24. The van der Waals surface area contributed by atoms with Crippen LogP contribution in [0.1, 0.15) is 24.1 Å². The number of fused-ring (bicyclic) bond motifs is 1. The second-order valence-corrected chi connectivity index (χ2v) is 9.46. The Kier molecular flexibility index (Phi) is 5.12. The van der Waals surface area contributed by atoms with Crippen LogP contribution in [0.25, 0.3) is 0 Å². The summed E-state index contributed by atoms with van der Waals surface area (Å²) in [5.74, 6) is -0.208. The van der Waals surface area contributed by atoms with E-state index in [1.54, 1.807) is 6.33 Å². The number of allylic oxidation sites excluding steroid dienone is 1. The number of likely N-dealkylation sites (tertiary alicyclic amines) is 1. The molecule has 1 fully saturated rings. The molecule has 3 aromatic rings. The van der Waals surface area contributed by atoms with Crippen molar-refractivity contribution in [3.05, 3.63) is 107 Å². The Morgan fingerprint density at radius 1 is 1.06 bits per heavy atom. The lowest BCUT2D eigenvalue weighted by molar-refractivity contribution is 0.129. The van der Waals surface area contributed by atoms with E-state index in [9.17, 15) is 4.39 Å². The van der Waals surface area contributed by atoms with Gasteiger partial charge < -0.3 is 4.98 Å². The molecule has 0 saturated carbocycles. The fourth-order valence-electron chi connectivity index (χ4n) is 5.73. The van der Waals surface area contributed by atoms with Crippen molar-refractivity contribution >= 4 is 5.69 Å². The smallest absolute Gasteiger partial charge is 0.123 e. The van der Waals surface area contributed by atoms with Crippen LogP contribution in [0.3, 0.4) is 0 Å². The standard InChI is InChI=1S/C27H28FN5/c28-23-6-8-25(9-7-23)33-26-12-22-10-11-32(17-24-16-29-19-30-24)18-27(22,14-21(26)15-31-33)13-20-4-2-1-3-5-20/h1-9,12,16,19,31H,10-11,13-15,17-18H2,(H,29,30). The van der Waals surface area contributed by atoms with E-state index in [2.05, 4.69) is 61.7 Å². The van der Waals surface area contributed by atoms with Crippen LogP contribution in [0, 0.1) is 11.2 Å². The number of piperidine rings is 1. The third-order valence-corrected chi connectivity index (χ3v) is 7.24. The summed E-state index contributed by atoms with van der Waals surface area (Å²) < 4.78 is 13.5. The SMILES string of the molecule is Fc1ccc(N2NCC3=C2C=C2CCN(Cc4cnc[nH]4)CC2(Cc2ccccc2)C3)cc1. The summed E-state index contributed by atoms with van der Waals surface area (Å²) in [6.07, 6.45) is 9.22. The van der Waals surface area contributed by atoms with Crippen LogP contribution >= 0.6 is 0 Å². The first-order valence-corrected chi connectivity index (χ1v) is 11.6. The number of aromatic amines is 1. The van der Waals surface area contributed by atoms with Crippen LogP contribution in [0.5, 0.6) is 0 Å². The minimum Gasteiger partial charge on any atom is -0.347 e. The van der Waals surface area contributed by atoms with Crippen molar-refractivity contribution in [1.29, 1.82) is 0 Å². The molecule has 5 nitrogen and oxygen atoms in total. The molecule has 1 atom stereocenters. The molecule has 0 amide bonds. The van der Waals surface area contributed by atoms with Crippen LogP contribution in [-0.2, 0) is 13.0 Å². The lowest BCUT2D eigenvalue weighted by Gasteiger charge is -2.47. The topological polar surface area (TPSA) is 47.2 Å². The van der Waals surface area contributed by atoms with Gasteiger partial charge in [-0.05, 0) is 60.7 Å². The molecule has 1 aromatic heterocycles. The summed E-state index contributed by atoms with van der Waals surface area (Å²) in [5, 5.41) is 2.13. The Bertz CT molecular complexity index is 1180. The Morgan fingerprint density at radius 3 is 2.70 bits per heavy atom. The van der Waals surface area contributed by atoms with Crippen LogP contribution in [-0.4, -0.2) is 34.5 Å². The van der Waals surface area contributed by atoms with Crippen molar-refractivity contribution in [2.45, 2.75) is 25.8 Å². The molecule has 1 aliphatic carbocycles. The van der Waals surface area contributed by atoms with Crippen molar-refractivity contribution in [2.75, 3.05) is 24.6 Å². The van der Waals surface area contributed by atoms with Crippen molar-refractivity contribution in [3.8, 4) is 0 Å². The lowest BCUT2D eigenvalue weighted by Crippen LogP contribution is -2.47. The largest absolute Gasteiger partial charge is 0.347 e. The zero-order valence-electron chi connectivity index (χ0n) is 18.6. The summed E-state index contributed by atoms with van der Waals surface area (Å²) in [4.78, 5) is 10.0. The molecule has 6 rings (SSSR count). The quantitative estimate of drug-likeness (QED) is 0.608. The number of nitrogens with zero attached hydrogens (tertiary/aromatic N) is 3. The molecule has 0 radical (unpaired) electrons. The van der Waals surface area contributed by atoms with E-state index in [0.717, 1.165) is 56.8 Å². The fourth-order valence-corrected chi connectivity index (χ4v) is 5.73. The Labute approximate surface area is 193 Å². The normalized spacial score (nSPS) is 22.8. The second kappa shape index (κ2) is 8.28. The number of nitrogens with one attached hydrogen (secondary N) is 2. The number of hydrogen-bond acceptors (Lipinski definition) is 4. The second-order valence-electron chi connectivity index (χ2n) is 9.46. The van der Waals surface area contributed by atoms with Gasteiger partial charge in [0.2, 0.25) is 0 Å². The highest BCUT2D eigenvalue weighted by Crippen LogP contribution is 2.49.